The molecule has 1 saturated heterocycles. The van der Waals surface area contributed by atoms with Crippen molar-refractivity contribution in [3.05, 3.63) is 42.6 Å². The van der Waals surface area contributed by atoms with E-state index < -0.39 is 11.8 Å². The Morgan fingerprint density at radius 2 is 1.83 bits per heavy atom. The molecule has 29 heavy (non-hydrogen) atoms. The molecule has 2 N–H and O–H groups in total. The number of fused-ring (bicyclic) bond motifs is 1. The topological polar surface area (TPSA) is 92.8 Å². The van der Waals surface area contributed by atoms with Crippen LogP contribution < -0.4 is 25.0 Å². The van der Waals surface area contributed by atoms with Crippen LogP contribution >= 0.6 is 0 Å². The molecule has 1 fully saturated rings. The molecule has 3 heterocycles. The number of rotatable bonds is 4. The van der Waals surface area contributed by atoms with Crippen LogP contribution in [0.4, 0.5) is 11.5 Å². The third-order valence-electron chi connectivity index (χ3n) is 5.15. The molecular weight excluding hydrogens is 372 g/mol. The Bertz CT molecular complexity index is 866. The SMILES string of the molecule is O=C(NCC1CCN(c2ccccn2)CC1)C(=O)Nc1ccc2c(c1)OCCO2. The summed E-state index contributed by atoms with van der Waals surface area (Å²) in [5.41, 5.74) is 0.498. The molecule has 152 valence electrons. The van der Waals surface area contributed by atoms with Crippen LogP contribution in [-0.2, 0) is 9.59 Å². The second kappa shape index (κ2) is 8.81. The summed E-state index contributed by atoms with van der Waals surface area (Å²) >= 11 is 0. The Morgan fingerprint density at radius 3 is 2.59 bits per heavy atom. The summed E-state index contributed by atoms with van der Waals surface area (Å²) in [6, 6.07) is 11.0. The van der Waals surface area contributed by atoms with Crippen molar-refractivity contribution in [3.8, 4) is 11.5 Å². The molecular formula is C21H24N4O4. The minimum atomic E-state index is -0.687. The predicted octanol–water partition coefficient (Wildman–Crippen LogP) is 1.82. The molecule has 0 bridgehead atoms. The molecule has 0 unspecified atom stereocenters. The zero-order chi connectivity index (χ0) is 20.1. The number of piperidine rings is 1. The highest BCUT2D eigenvalue weighted by atomic mass is 16.6. The molecule has 1 aromatic carbocycles. The van der Waals surface area contributed by atoms with E-state index in [0.717, 1.165) is 31.7 Å². The van der Waals surface area contributed by atoms with Gasteiger partial charge in [0, 0.05) is 37.6 Å². The molecule has 8 heteroatoms. The van der Waals surface area contributed by atoms with E-state index in [1.54, 1.807) is 24.4 Å². The number of carbonyl (C=O) groups is 2. The molecule has 2 aliphatic heterocycles. The number of hydrogen-bond acceptors (Lipinski definition) is 6. The summed E-state index contributed by atoms with van der Waals surface area (Å²) in [5, 5.41) is 5.35. The van der Waals surface area contributed by atoms with Crippen LogP contribution in [0.25, 0.3) is 0 Å². The smallest absolute Gasteiger partial charge is 0.313 e. The van der Waals surface area contributed by atoms with E-state index in [1.807, 2.05) is 18.2 Å². The van der Waals surface area contributed by atoms with E-state index in [0.29, 0.717) is 42.9 Å². The average Bonchev–Trinajstić information content (AvgIpc) is 2.78. The number of aromatic nitrogens is 1. The fraction of sp³-hybridized carbons (Fsp3) is 0.381. The Kier molecular flexibility index (Phi) is 5.79. The van der Waals surface area contributed by atoms with Crippen LogP contribution in [0.15, 0.2) is 42.6 Å². The average molecular weight is 396 g/mol. The third-order valence-corrected chi connectivity index (χ3v) is 5.15. The second-order valence-electron chi connectivity index (χ2n) is 7.14. The monoisotopic (exact) mass is 396 g/mol. The van der Waals surface area contributed by atoms with Crippen molar-refractivity contribution < 1.29 is 19.1 Å². The normalized spacial score (nSPS) is 16.2. The van der Waals surface area contributed by atoms with Crippen molar-refractivity contribution in [2.24, 2.45) is 5.92 Å². The molecule has 0 radical (unpaired) electrons. The molecule has 0 atom stereocenters. The maximum atomic E-state index is 12.2. The molecule has 4 rings (SSSR count). The van der Waals surface area contributed by atoms with Crippen LogP contribution in [-0.4, -0.2) is 49.6 Å². The molecule has 0 spiro atoms. The van der Waals surface area contributed by atoms with Gasteiger partial charge in [-0.15, -0.1) is 0 Å². The predicted molar refractivity (Wildman–Crippen MR) is 108 cm³/mol. The first kappa shape index (κ1) is 19.0. The van der Waals surface area contributed by atoms with Gasteiger partial charge in [0.15, 0.2) is 11.5 Å². The van der Waals surface area contributed by atoms with Gasteiger partial charge in [0.2, 0.25) is 0 Å². The fourth-order valence-corrected chi connectivity index (χ4v) is 3.53. The van der Waals surface area contributed by atoms with E-state index in [2.05, 4.69) is 20.5 Å². The van der Waals surface area contributed by atoms with E-state index >= 15 is 0 Å². The van der Waals surface area contributed by atoms with Crippen LogP contribution in [0.3, 0.4) is 0 Å². The third kappa shape index (κ3) is 4.77. The summed E-state index contributed by atoms with van der Waals surface area (Å²) in [6.07, 6.45) is 3.68. The number of carbonyl (C=O) groups excluding carboxylic acids is 2. The minimum Gasteiger partial charge on any atom is -0.486 e. The van der Waals surface area contributed by atoms with Crippen molar-refractivity contribution in [2.75, 3.05) is 43.1 Å². The molecule has 0 saturated carbocycles. The Hall–Kier alpha value is -3.29. The highest BCUT2D eigenvalue weighted by molar-refractivity contribution is 6.39. The standard InChI is InChI=1S/C21H24N4O4/c26-20(21(27)24-16-4-5-17-18(13-16)29-12-11-28-17)23-14-15-6-9-25(10-7-15)19-3-1-2-8-22-19/h1-5,8,13,15H,6-7,9-12,14H2,(H,23,26)(H,24,27). The van der Waals surface area contributed by atoms with E-state index in [-0.39, 0.29) is 0 Å². The van der Waals surface area contributed by atoms with Crippen molar-refractivity contribution in [2.45, 2.75) is 12.8 Å². The lowest BCUT2D eigenvalue weighted by atomic mass is 9.97. The summed E-state index contributed by atoms with van der Waals surface area (Å²) < 4.78 is 10.9. The van der Waals surface area contributed by atoms with Gasteiger partial charge in [-0.1, -0.05) is 6.07 Å². The Balaban J connectivity index is 1.22. The lowest BCUT2D eigenvalue weighted by Gasteiger charge is -2.32. The molecule has 1 aromatic heterocycles. The highest BCUT2D eigenvalue weighted by Gasteiger charge is 2.22. The van der Waals surface area contributed by atoms with Crippen molar-refractivity contribution in [1.82, 2.24) is 10.3 Å². The Labute approximate surface area is 169 Å². The van der Waals surface area contributed by atoms with Gasteiger partial charge in [-0.2, -0.15) is 0 Å². The molecule has 8 nitrogen and oxygen atoms in total. The van der Waals surface area contributed by atoms with E-state index in [1.165, 1.54) is 0 Å². The summed E-state index contributed by atoms with van der Waals surface area (Å²) in [4.78, 5) is 31.0. The number of benzene rings is 1. The van der Waals surface area contributed by atoms with Gasteiger partial charge in [0.05, 0.1) is 0 Å². The van der Waals surface area contributed by atoms with Gasteiger partial charge >= 0.3 is 11.8 Å². The molecule has 0 aliphatic carbocycles. The first-order valence-corrected chi connectivity index (χ1v) is 9.84. The second-order valence-corrected chi connectivity index (χ2v) is 7.14. The van der Waals surface area contributed by atoms with Crippen LogP contribution in [0.5, 0.6) is 11.5 Å². The maximum Gasteiger partial charge on any atom is 0.313 e. The number of hydrogen-bond donors (Lipinski definition) is 2. The zero-order valence-electron chi connectivity index (χ0n) is 16.1. The number of amides is 2. The molecule has 2 amide bonds. The van der Waals surface area contributed by atoms with Crippen LogP contribution in [0.2, 0.25) is 0 Å². The minimum absolute atomic E-state index is 0.348. The first-order valence-electron chi connectivity index (χ1n) is 9.84. The first-order chi connectivity index (χ1) is 14.2. The number of pyridine rings is 1. The fourth-order valence-electron chi connectivity index (χ4n) is 3.53. The lowest BCUT2D eigenvalue weighted by molar-refractivity contribution is -0.136. The molecule has 2 aromatic rings. The van der Waals surface area contributed by atoms with Gasteiger partial charge < -0.3 is 25.0 Å². The van der Waals surface area contributed by atoms with Crippen molar-refractivity contribution >= 4 is 23.3 Å². The maximum absolute atomic E-state index is 12.2. The van der Waals surface area contributed by atoms with Crippen LogP contribution in [0.1, 0.15) is 12.8 Å². The number of anilines is 2. The van der Waals surface area contributed by atoms with Gasteiger partial charge in [-0.05, 0) is 43.0 Å². The van der Waals surface area contributed by atoms with Gasteiger partial charge in [0.25, 0.3) is 0 Å². The van der Waals surface area contributed by atoms with Crippen molar-refractivity contribution in [3.63, 3.8) is 0 Å². The van der Waals surface area contributed by atoms with Gasteiger partial charge in [-0.3, -0.25) is 9.59 Å². The number of nitrogens with zero attached hydrogens (tertiary/aromatic N) is 2. The van der Waals surface area contributed by atoms with Gasteiger partial charge in [-0.25, -0.2) is 4.98 Å². The quantitative estimate of drug-likeness (QED) is 0.766. The van der Waals surface area contributed by atoms with Crippen molar-refractivity contribution in [1.29, 1.82) is 0 Å². The van der Waals surface area contributed by atoms with Crippen LogP contribution in [0, 0.1) is 5.92 Å². The highest BCUT2D eigenvalue weighted by Crippen LogP contribution is 2.32. The van der Waals surface area contributed by atoms with E-state index in [9.17, 15) is 9.59 Å². The lowest BCUT2D eigenvalue weighted by Crippen LogP contribution is -2.42. The number of ether oxygens (including phenoxy) is 2. The summed E-state index contributed by atoms with van der Waals surface area (Å²) in [5.74, 6) is 1.21. The van der Waals surface area contributed by atoms with Gasteiger partial charge in [0.1, 0.15) is 19.0 Å². The zero-order valence-corrected chi connectivity index (χ0v) is 16.1. The summed E-state index contributed by atoms with van der Waals surface area (Å²) in [6.45, 7) is 3.23. The summed E-state index contributed by atoms with van der Waals surface area (Å²) in [7, 11) is 0. The molecule has 2 aliphatic rings. The van der Waals surface area contributed by atoms with E-state index in [4.69, 9.17) is 9.47 Å². The number of nitrogens with one attached hydrogen (secondary N) is 2. The largest absolute Gasteiger partial charge is 0.486 e. The Morgan fingerprint density at radius 1 is 1.03 bits per heavy atom.